The molecule has 0 aromatic heterocycles. The first-order valence-electron chi connectivity index (χ1n) is 0.632. The maximum absolute atomic E-state index is 8.44. The molecule has 4 heteroatoms. The molecule has 0 saturated carbocycles. The SMILES string of the molecule is O=C([O-])O.[Pr]. The minimum atomic E-state index is -2.08. The van der Waals surface area contributed by atoms with Crippen molar-refractivity contribution in [1.82, 2.24) is 0 Å². The summed E-state index contributed by atoms with van der Waals surface area (Å²) in [6.45, 7) is 0. The Morgan fingerprint density at radius 1 is 1.80 bits per heavy atom. The number of carbonyl (C=O) groups is 1. The third kappa shape index (κ3) is 80.0. The van der Waals surface area contributed by atoms with Crippen molar-refractivity contribution in [3.05, 3.63) is 0 Å². The van der Waals surface area contributed by atoms with Gasteiger partial charge in [-0.3, -0.25) is 0 Å². The molecule has 0 amide bonds. The van der Waals surface area contributed by atoms with Gasteiger partial charge in [0.2, 0.25) is 6.16 Å². The molecule has 0 aliphatic rings. The van der Waals surface area contributed by atoms with Crippen LogP contribution in [0.25, 0.3) is 0 Å². The molecule has 0 rings (SSSR count). The molecule has 1 N–H and O–H groups in total. The van der Waals surface area contributed by atoms with Crippen LogP contribution < -0.4 is 5.11 Å². The third-order valence-electron chi connectivity index (χ3n) is 0. The predicted molar refractivity (Wildman–Crippen MR) is 8.02 cm³/mol. The second kappa shape index (κ2) is 4.63. The van der Waals surface area contributed by atoms with Gasteiger partial charge in [-0.05, 0) is 0 Å². The molecule has 0 fully saturated rings. The molecule has 0 aliphatic carbocycles. The van der Waals surface area contributed by atoms with E-state index in [0.717, 1.165) is 0 Å². The minimum absolute atomic E-state index is 0. The van der Waals surface area contributed by atoms with Crippen LogP contribution in [0.15, 0.2) is 0 Å². The Bertz CT molecular complexity index is 29.9. The molecule has 1 radical (unpaired) electrons. The second-order valence-electron chi connectivity index (χ2n) is 0.266. The minimum Gasteiger partial charge on any atom is -0.565 e. The molecule has 0 unspecified atom stereocenters. The fourth-order valence-electron chi connectivity index (χ4n) is 0. The Labute approximate surface area is 61.9 Å². The average molecular weight is 202 g/mol. The van der Waals surface area contributed by atoms with E-state index in [1.54, 1.807) is 0 Å². The van der Waals surface area contributed by atoms with Crippen LogP contribution in [0.1, 0.15) is 0 Å². The van der Waals surface area contributed by atoms with E-state index in [4.69, 9.17) is 15.0 Å². The Morgan fingerprint density at radius 3 is 1.80 bits per heavy atom. The van der Waals surface area contributed by atoms with E-state index >= 15 is 0 Å². The first kappa shape index (κ1) is 9.16. The van der Waals surface area contributed by atoms with Gasteiger partial charge in [0.05, 0.1) is 0 Å². The molecule has 0 saturated heterocycles. The van der Waals surface area contributed by atoms with Gasteiger partial charge in [0.1, 0.15) is 0 Å². The molecule has 27 valence electrons. The maximum atomic E-state index is 8.44. The summed E-state index contributed by atoms with van der Waals surface area (Å²) in [5.74, 6) is 0. The molecule has 0 spiro atoms. The van der Waals surface area contributed by atoms with Crippen LogP contribution in [0, 0.1) is 41.3 Å². The van der Waals surface area contributed by atoms with Crippen LogP contribution in [0.4, 0.5) is 4.79 Å². The van der Waals surface area contributed by atoms with Crippen molar-refractivity contribution in [3.63, 3.8) is 0 Å². The fourth-order valence-corrected chi connectivity index (χ4v) is 0. The van der Waals surface area contributed by atoms with Gasteiger partial charge in [-0.1, -0.05) is 0 Å². The summed E-state index contributed by atoms with van der Waals surface area (Å²) in [5.41, 5.74) is 0. The Balaban J connectivity index is 0. The fraction of sp³-hybridized carbons (Fsp3) is 0. The van der Waals surface area contributed by atoms with E-state index in [0.29, 0.717) is 0 Å². The molecule has 0 bridgehead atoms. The van der Waals surface area contributed by atoms with E-state index < -0.39 is 6.16 Å². The van der Waals surface area contributed by atoms with Gasteiger partial charge < -0.3 is 15.0 Å². The van der Waals surface area contributed by atoms with Crippen LogP contribution >= 0.6 is 0 Å². The van der Waals surface area contributed by atoms with Crippen molar-refractivity contribution in [3.8, 4) is 0 Å². The van der Waals surface area contributed by atoms with E-state index in [1.807, 2.05) is 0 Å². The summed E-state index contributed by atoms with van der Waals surface area (Å²) in [5, 5.41) is 15.3. The molecule has 0 aromatic rings. The van der Waals surface area contributed by atoms with Crippen molar-refractivity contribution in [2.24, 2.45) is 0 Å². The van der Waals surface area contributed by atoms with Gasteiger partial charge >= 0.3 is 0 Å². The Kier molecular flexibility index (Phi) is 8.49. The molecule has 0 aromatic carbocycles. The summed E-state index contributed by atoms with van der Waals surface area (Å²) in [6, 6.07) is 0. The number of hydrogen-bond acceptors (Lipinski definition) is 2. The molecule has 0 aliphatic heterocycles. The zero-order chi connectivity index (χ0) is 3.58. The smallest absolute Gasteiger partial charge is 0.249 e. The van der Waals surface area contributed by atoms with Crippen LogP contribution in [-0.4, -0.2) is 11.3 Å². The van der Waals surface area contributed by atoms with E-state index in [-0.39, 0.29) is 41.3 Å². The molecule has 5 heavy (non-hydrogen) atoms. The van der Waals surface area contributed by atoms with Crippen molar-refractivity contribution in [2.45, 2.75) is 0 Å². The van der Waals surface area contributed by atoms with Gasteiger partial charge in [0.25, 0.3) is 0 Å². The monoisotopic (exact) mass is 202 g/mol. The van der Waals surface area contributed by atoms with Crippen LogP contribution in [0.5, 0.6) is 0 Å². The summed E-state index contributed by atoms with van der Waals surface area (Å²) >= 11 is 0. The van der Waals surface area contributed by atoms with Crippen LogP contribution in [0.3, 0.4) is 0 Å². The molecule has 3 nitrogen and oxygen atoms in total. The van der Waals surface area contributed by atoms with Crippen LogP contribution in [-0.2, 0) is 0 Å². The van der Waals surface area contributed by atoms with Gasteiger partial charge in [-0.15, -0.1) is 0 Å². The van der Waals surface area contributed by atoms with Crippen molar-refractivity contribution >= 4 is 6.16 Å². The van der Waals surface area contributed by atoms with Gasteiger partial charge in [0, 0.05) is 41.3 Å². The Morgan fingerprint density at radius 2 is 1.80 bits per heavy atom. The summed E-state index contributed by atoms with van der Waals surface area (Å²) < 4.78 is 0. The van der Waals surface area contributed by atoms with Crippen molar-refractivity contribution in [1.29, 1.82) is 0 Å². The number of hydrogen-bond donors (Lipinski definition) is 1. The molecular formula is CHO3Pr-. The zero-order valence-corrected chi connectivity index (χ0v) is 6.05. The zero-order valence-electron chi connectivity index (χ0n) is 2.34. The standard InChI is InChI=1S/CH2O3.Pr/c2-1(3)4;/h(H2,2,3,4);/p-1. The Hall–Kier alpha value is 0.634. The quantitative estimate of drug-likeness (QED) is 0.541. The predicted octanol–water partition coefficient (Wildman–Crippen LogP) is -1.11. The van der Waals surface area contributed by atoms with Crippen LogP contribution in [0.2, 0.25) is 0 Å². The molecule has 0 heterocycles. The number of carboxylic acid groups (broad SMARTS) is 2. The van der Waals surface area contributed by atoms with Gasteiger partial charge in [-0.2, -0.15) is 0 Å². The molecular weight excluding hydrogens is 201 g/mol. The summed E-state index contributed by atoms with van der Waals surface area (Å²) in [4.78, 5) is 8.44. The average Bonchev–Trinajstić information content (AvgIpc) is 0.811. The first-order valence-corrected chi connectivity index (χ1v) is 0.632. The van der Waals surface area contributed by atoms with Gasteiger partial charge in [-0.25, -0.2) is 0 Å². The van der Waals surface area contributed by atoms with E-state index in [1.165, 1.54) is 0 Å². The topological polar surface area (TPSA) is 60.4 Å². The largest absolute Gasteiger partial charge is 0.565 e. The van der Waals surface area contributed by atoms with Gasteiger partial charge in [0.15, 0.2) is 0 Å². The van der Waals surface area contributed by atoms with Crippen molar-refractivity contribution in [2.75, 3.05) is 0 Å². The third-order valence-corrected chi connectivity index (χ3v) is 0. The maximum Gasteiger partial charge on any atom is 0.249 e. The summed E-state index contributed by atoms with van der Waals surface area (Å²) in [7, 11) is 0. The normalized spacial score (nSPS) is 4.80. The second-order valence-corrected chi connectivity index (χ2v) is 0.266. The number of rotatable bonds is 0. The van der Waals surface area contributed by atoms with E-state index in [2.05, 4.69) is 0 Å². The van der Waals surface area contributed by atoms with E-state index in [9.17, 15) is 0 Å². The van der Waals surface area contributed by atoms with Crippen molar-refractivity contribution < 1.29 is 56.3 Å². The first-order chi connectivity index (χ1) is 1.73. The molecule has 0 atom stereocenters. The summed E-state index contributed by atoms with van der Waals surface area (Å²) in [6.07, 6.45) is -2.08.